The van der Waals surface area contributed by atoms with E-state index in [9.17, 15) is 24.0 Å². The van der Waals surface area contributed by atoms with Gasteiger partial charge in [-0.2, -0.15) is 0 Å². The molecule has 2 aliphatic heterocycles. The van der Waals surface area contributed by atoms with Crippen LogP contribution in [-0.2, 0) is 42.9 Å². The third kappa shape index (κ3) is 7.40. The topological polar surface area (TPSA) is 150 Å². The number of carbonyl (C=O) groups excluding carboxylic acids is 5. The molecule has 2 aliphatic rings. The molecule has 218 valence electrons. The molecule has 0 spiro atoms. The molecule has 0 aromatic heterocycles. The molecule has 4 rings (SSSR count). The maximum absolute atomic E-state index is 12.8. The second kappa shape index (κ2) is 12.8. The molecule has 2 heterocycles. The normalized spacial score (nSPS) is 25.1. The van der Waals surface area contributed by atoms with Gasteiger partial charge < -0.3 is 33.2 Å². The molecule has 6 atom stereocenters. The number of fused-ring (bicyclic) bond motifs is 1. The molecule has 12 heteroatoms. The molecule has 2 aromatic carbocycles. The summed E-state index contributed by atoms with van der Waals surface area (Å²) in [5.41, 5.74) is 1.20. The van der Waals surface area contributed by atoms with Gasteiger partial charge in [0.2, 0.25) is 12.4 Å². The van der Waals surface area contributed by atoms with Gasteiger partial charge in [0.25, 0.3) is 0 Å². The molecule has 0 aliphatic carbocycles. The number of Topliss-reactive ketones (excluding diaryl/α,β-unsaturated/α-hetero) is 1. The molecule has 2 aromatic rings. The largest absolute Gasteiger partial charge is 0.484 e. The molecule has 0 unspecified atom stereocenters. The van der Waals surface area contributed by atoms with Crippen LogP contribution in [0.5, 0.6) is 11.5 Å². The minimum Gasteiger partial charge on any atom is -0.484 e. The Bertz CT molecular complexity index is 1310. The van der Waals surface area contributed by atoms with E-state index in [0.29, 0.717) is 5.56 Å². The quantitative estimate of drug-likeness (QED) is 0.339. The van der Waals surface area contributed by atoms with Crippen molar-refractivity contribution in [3.8, 4) is 11.5 Å². The van der Waals surface area contributed by atoms with E-state index < -0.39 is 67.3 Å². The van der Waals surface area contributed by atoms with Gasteiger partial charge in [0.15, 0.2) is 18.0 Å². The summed E-state index contributed by atoms with van der Waals surface area (Å²) in [7, 11) is 0. The molecule has 0 N–H and O–H groups in total. The standard InChI is InChI=1S/C29H30O12/c1-15(30)35-14-25-26(36-16(2)31)27(37-17(3)32)28(38-18(4)33)29(41-25)39-20-10-11-21-22(34)13-23(40-24(21)12-20)19-8-6-5-7-9-19/h5-12,23,25-29H,13-14H2,1-4H3/t23-,25+,26+,27-,28+,29+/m0/s1. The van der Waals surface area contributed by atoms with Gasteiger partial charge in [-0.3, -0.25) is 24.0 Å². The Hall–Kier alpha value is -4.45. The van der Waals surface area contributed by atoms with Gasteiger partial charge in [-0.05, 0) is 17.7 Å². The number of rotatable bonds is 8. The van der Waals surface area contributed by atoms with Gasteiger partial charge in [0.1, 0.15) is 30.3 Å². The van der Waals surface area contributed by atoms with E-state index in [4.69, 9.17) is 33.2 Å². The lowest BCUT2D eigenvalue weighted by molar-refractivity contribution is -0.288. The second-order valence-electron chi connectivity index (χ2n) is 9.49. The molecule has 0 bridgehead atoms. The van der Waals surface area contributed by atoms with Crippen molar-refractivity contribution >= 4 is 29.7 Å². The van der Waals surface area contributed by atoms with Crippen molar-refractivity contribution in [3.63, 3.8) is 0 Å². The number of ketones is 1. The summed E-state index contributed by atoms with van der Waals surface area (Å²) < 4.78 is 39.5. The van der Waals surface area contributed by atoms with Crippen LogP contribution >= 0.6 is 0 Å². The zero-order valence-electron chi connectivity index (χ0n) is 22.9. The molecule has 0 radical (unpaired) electrons. The Labute approximate surface area is 235 Å². The highest BCUT2D eigenvalue weighted by atomic mass is 16.7. The molecule has 1 fully saturated rings. The lowest BCUT2D eigenvalue weighted by Gasteiger charge is -2.44. The second-order valence-corrected chi connectivity index (χ2v) is 9.49. The van der Waals surface area contributed by atoms with Gasteiger partial charge in [-0.1, -0.05) is 30.3 Å². The maximum Gasteiger partial charge on any atom is 0.303 e. The van der Waals surface area contributed by atoms with Crippen molar-refractivity contribution in [2.45, 2.75) is 70.9 Å². The van der Waals surface area contributed by atoms with Gasteiger partial charge in [-0.15, -0.1) is 0 Å². The minimum absolute atomic E-state index is 0.112. The first kappa shape index (κ1) is 29.5. The highest BCUT2D eigenvalue weighted by Crippen LogP contribution is 2.38. The average Bonchev–Trinajstić information content (AvgIpc) is 2.90. The van der Waals surface area contributed by atoms with Crippen molar-refractivity contribution in [1.29, 1.82) is 0 Å². The fourth-order valence-electron chi connectivity index (χ4n) is 4.65. The fourth-order valence-corrected chi connectivity index (χ4v) is 4.65. The fraction of sp³-hybridized carbons (Fsp3) is 0.414. The number of hydrogen-bond donors (Lipinski definition) is 0. The van der Waals surface area contributed by atoms with Crippen LogP contribution in [0.3, 0.4) is 0 Å². The van der Waals surface area contributed by atoms with E-state index in [1.807, 2.05) is 30.3 Å². The number of esters is 4. The van der Waals surface area contributed by atoms with Crippen molar-refractivity contribution in [2.24, 2.45) is 0 Å². The van der Waals surface area contributed by atoms with Gasteiger partial charge >= 0.3 is 23.9 Å². The van der Waals surface area contributed by atoms with Gasteiger partial charge in [-0.25, -0.2) is 0 Å². The molecular formula is C29H30O12. The van der Waals surface area contributed by atoms with E-state index in [-0.39, 0.29) is 23.7 Å². The van der Waals surface area contributed by atoms with Gasteiger partial charge in [0, 0.05) is 33.8 Å². The van der Waals surface area contributed by atoms with Crippen molar-refractivity contribution in [1.82, 2.24) is 0 Å². The highest BCUT2D eigenvalue weighted by Gasteiger charge is 2.53. The van der Waals surface area contributed by atoms with Crippen LogP contribution in [0.25, 0.3) is 0 Å². The third-order valence-corrected chi connectivity index (χ3v) is 6.27. The molecule has 0 amide bonds. The Morgan fingerprint density at radius 3 is 2.07 bits per heavy atom. The number of ether oxygens (including phenoxy) is 7. The number of benzene rings is 2. The van der Waals surface area contributed by atoms with Crippen LogP contribution in [0.2, 0.25) is 0 Å². The van der Waals surface area contributed by atoms with E-state index >= 15 is 0 Å². The first-order chi connectivity index (χ1) is 19.5. The summed E-state index contributed by atoms with van der Waals surface area (Å²) in [6, 6.07) is 13.8. The summed E-state index contributed by atoms with van der Waals surface area (Å²) >= 11 is 0. The number of carbonyl (C=O) groups is 5. The summed E-state index contributed by atoms with van der Waals surface area (Å²) in [6.07, 6.45) is -7.01. The zero-order valence-corrected chi connectivity index (χ0v) is 22.9. The molecular weight excluding hydrogens is 540 g/mol. The Morgan fingerprint density at radius 1 is 0.805 bits per heavy atom. The predicted molar refractivity (Wildman–Crippen MR) is 138 cm³/mol. The van der Waals surface area contributed by atoms with Crippen LogP contribution in [0.15, 0.2) is 48.5 Å². The van der Waals surface area contributed by atoms with Gasteiger partial charge in [0.05, 0.1) is 12.0 Å². The Morgan fingerprint density at radius 2 is 1.44 bits per heavy atom. The number of hydrogen-bond acceptors (Lipinski definition) is 12. The molecule has 41 heavy (non-hydrogen) atoms. The average molecular weight is 571 g/mol. The molecule has 0 saturated carbocycles. The lowest BCUT2D eigenvalue weighted by Crippen LogP contribution is -2.63. The van der Waals surface area contributed by atoms with Crippen LogP contribution < -0.4 is 9.47 Å². The first-order valence-corrected chi connectivity index (χ1v) is 12.9. The summed E-state index contributed by atoms with van der Waals surface area (Å²) in [4.78, 5) is 60.4. The van der Waals surface area contributed by atoms with Crippen LogP contribution in [0.4, 0.5) is 0 Å². The van der Waals surface area contributed by atoms with E-state index in [1.54, 1.807) is 6.07 Å². The van der Waals surface area contributed by atoms with Crippen molar-refractivity contribution in [2.75, 3.05) is 6.61 Å². The Balaban J connectivity index is 1.66. The van der Waals surface area contributed by atoms with Crippen LogP contribution in [0, 0.1) is 0 Å². The molecule has 12 nitrogen and oxygen atoms in total. The summed E-state index contributed by atoms with van der Waals surface area (Å²) in [5.74, 6) is -2.56. The highest BCUT2D eigenvalue weighted by molar-refractivity contribution is 6.00. The lowest BCUT2D eigenvalue weighted by atomic mass is 9.96. The van der Waals surface area contributed by atoms with Crippen LogP contribution in [-0.4, -0.2) is 67.0 Å². The Kier molecular flexibility index (Phi) is 9.23. The van der Waals surface area contributed by atoms with E-state index in [1.165, 1.54) is 19.1 Å². The predicted octanol–water partition coefficient (Wildman–Crippen LogP) is 2.86. The third-order valence-electron chi connectivity index (χ3n) is 6.27. The zero-order chi connectivity index (χ0) is 29.7. The minimum atomic E-state index is -1.42. The van der Waals surface area contributed by atoms with E-state index in [2.05, 4.69) is 0 Å². The van der Waals surface area contributed by atoms with Crippen molar-refractivity contribution < 1.29 is 57.1 Å². The summed E-state index contributed by atoms with van der Waals surface area (Å²) in [6.45, 7) is 4.19. The molecule has 1 saturated heterocycles. The monoisotopic (exact) mass is 570 g/mol. The first-order valence-electron chi connectivity index (χ1n) is 12.9. The summed E-state index contributed by atoms with van der Waals surface area (Å²) in [5, 5.41) is 0. The SMILES string of the molecule is CC(=O)OC[C@H]1O[C@@H](Oc2ccc3c(c2)O[C@H](c2ccccc2)CC3=O)[C@H](OC(C)=O)[C@@H](OC(C)=O)[C@@H]1OC(C)=O. The van der Waals surface area contributed by atoms with Crippen molar-refractivity contribution in [3.05, 3.63) is 59.7 Å². The maximum atomic E-state index is 12.8. The van der Waals surface area contributed by atoms with E-state index in [0.717, 1.165) is 26.3 Å². The van der Waals surface area contributed by atoms with Crippen LogP contribution in [0.1, 0.15) is 56.1 Å². The smallest absolute Gasteiger partial charge is 0.303 e.